The molecule has 0 saturated heterocycles. The number of benzene rings is 3. The SMILES string of the molecule is COc1c(C(C)(C)C)cc2c(c1-c1ccc(C(C)(C)C)cc1)C=C(C)[CH]2[Zr+2]([C]1=C(C)C=C2C1=CC1=C(CCC1)C2c1cc(C(C)(C)C)cc(C(C)(C)C)c1)=[Si](C)C.[Cl-].[Cl-]. The summed E-state index contributed by atoms with van der Waals surface area (Å²) >= 11 is -2.46. The van der Waals surface area contributed by atoms with Crippen molar-refractivity contribution in [3.63, 3.8) is 0 Å². The summed E-state index contributed by atoms with van der Waals surface area (Å²) in [5.74, 6) is 1.39. The van der Waals surface area contributed by atoms with Gasteiger partial charge in [0.2, 0.25) is 0 Å². The minimum absolute atomic E-state index is 0. The van der Waals surface area contributed by atoms with Crippen molar-refractivity contribution >= 4 is 11.5 Å². The molecule has 3 aromatic rings. The average Bonchev–Trinajstić information content (AvgIpc) is 3.79. The van der Waals surface area contributed by atoms with E-state index in [0.717, 1.165) is 5.75 Å². The van der Waals surface area contributed by atoms with E-state index in [4.69, 9.17) is 4.74 Å². The van der Waals surface area contributed by atoms with Crippen molar-refractivity contribution in [2.45, 2.75) is 160 Å². The van der Waals surface area contributed by atoms with Crippen LogP contribution < -0.4 is 29.6 Å². The van der Waals surface area contributed by atoms with Gasteiger partial charge in [-0.15, -0.1) is 0 Å². The van der Waals surface area contributed by atoms with Crippen LogP contribution in [0.1, 0.15) is 165 Å². The van der Waals surface area contributed by atoms with Crippen molar-refractivity contribution in [3.05, 3.63) is 136 Å². The molecule has 2 unspecified atom stereocenters. The molecule has 0 aliphatic heterocycles. The van der Waals surface area contributed by atoms with E-state index in [1.54, 1.807) is 39.0 Å². The van der Waals surface area contributed by atoms with E-state index in [-0.39, 0.29) is 46.5 Å². The van der Waals surface area contributed by atoms with Crippen LogP contribution in [0.25, 0.3) is 17.2 Å². The largest absolute Gasteiger partial charge is 1.00 e. The molecule has 0 radical (unpaired) electrons. The molecule has 4 aliphatic carbocycles. The standard InChI is InChI=1S/C27H33.C25H31O.C2H6Si.2ClH.Zr/c1-17-11-19-13-18-9-8-10-23(18)25(24(19)12-17)20-14-21(26(2,3)4)16-22(15-20)27(5,6)7;1-16-13-18-15-21(25(5,6)7)23(26-8)22(20(18)14-16)17-9-11-19(12-10-17)24(2,3)4;1-3-2;;;/h12-16,25H,8-10H2,1-7H3;9-15H,1-8H3;1-2H3;2*1H;/q;;;;;+2/p-2. The number of halogens is 2. The van der Waals surface area contributed by atoms with Gasteiger partial charge in [-0.1, -0.05) is 0 Å². The molecule has 0 fully saturated rings. The van der Waals surface area contributed by atoms with E-state index in [9.17, 15) is 0 Å². The molecule has 7 rings (SSSR count). The van der Waals surface area contributed by atoms with E-state index < -0.39 is 25.8 Å². The van der Waals surface area contributed by atoms with Gasteiger partial charge in [0.1, 0.15) is 0 Å². The minimum Gasteiger partial charge on any atom is -1.00 e. The van der Waals surface area contributed by atoms with Gasteiger partial charge in [-0.2, -0.15) is 0 Å². The van der Waals surface area contributed by atoms with E-state index in [0.29, 0.717) is 9.54 Å². The maximum atomic E-state index is 6.46. The summed E-state index contributed by atoms with van der Waals surface area (Å²) in [6.45, 7) is 38.6. The molecule has 5 heteroatoms. The molecule has 0 saturated carbocycles. The molecule has 0 spiro atoms. The van der Waals surface area contributed by atoms with Crippen LogP contribution in [0.3, 0.4) is 0 Å². The van der Waals surface area contributed by atoms with Gasteiger partial charge in [0.05, 0.1) is 0 Å². The summed E-state index contributed by atoms with van der Waals surface area (Å²) < 4.78 is 8.79. The number of hydrogen-bond donors (Lipinski definition) is 0. The monoisotopic (exact) mass is 922 g/mol. The van der Waals surface area contributed by atoms with Crippen LogP contribution >= 0.6 is 0 Å². The molecule has 0 aromatic heterocycles. The zero-order chi connectivity index (χ0) is 41.7. The van der Waals surface area contributed by atoms with Crippen molar-refractivity contribution < 1.29 is 49.9 Å². The van der Waals surface area contributed by atoms with Gasteiger partial charge in [0.15, 0.2) is 0 Å². The molecule has 2 atom stereocenters. The minimum atomic E-state index is -2.46. The van der Waals surface area contributed by atoms with Crippen LogP contribution in [-0.2, 0) is 42.0 Å². The Hall–Kier alpha value is -2.16. The Bertz CT molecular complexity index is 2330. The van der Waals surface area contributed by atoms with Gasteiger partial charge < -0.3 is 24.8 Å². The molecule has 4 aliphatic rings. The van der Waals surface area contributed by atoms with Crippen LogP contribution in [0.2, 0.25) is 13.1 Å². The number of allylic oxidation sites excluding steroid dienone is 9. The molecule has 0 N–H and O–H groups in total. The summed E-state index contributed by atoms with van der Waals surface area (Å²) in [5, 5.41) is 0. The molecular formula is C54H70Cl2OSiZr. The second-order valence-electron chi connectivity index (χ2n) is 22.0. The maximum absolute atomic E-state index is 6.46. The van der Waals surface area contributed by atoms with Gasteiger partial charge in [-0.05, 0) is 0 Å². The first kappa shape index (κ1) is 47.9. The summed E-state index contributed by atoms with van der Waals surface area (Å²) in [6, 6.07) is 19.7. The zero-order valence-electron chi connectivity index (χ0n) is 39.3. The number of rotatable bonds is 5. The molecule has 0 heterocycles. The predicted molar refractivity (Wildman–Crippen MR) is 246 cm³/mol. The summed E-state index contributed by atoms with van der Waals surface area (Å²) in [6.07, 6.45) is 11.7. The smallest absolute Gasteiger partial charge is 1.00 e. The van der Waals surface area contributed by atoms with Crippen molar-refractivity contribution in [1.82, 2.24) is 0 Å². The molecule has 0 bridgehead atoms. The molecule has 1 nitrogen and oxygen atoms in total. The molecule has 59 heavy (non-hydrogen) atoms. The third kappa shape index (κ3) is 8.77. The van der Waals surface area contributed by atoms with Crippen LogP contribution in [0.4, 0.5) is 0 Å². The fraction of sp³-hybridized carbons (Fsp3) is 0.481. The van der Waals surface area contributed by atoms with Crippen LogP contribution in [0.5, 0.6) is 5.75 Å². The van der Waals surface area contributed by atoms with Gasteiger partial charge in [0, 0.05) is 0 Å². The van der Waals surface area contributed by atoms with E-state index in [1.807, 2.05) is 10.4 Å². The normalized spacial score (nSPS) is 18.8. The Balaban J connectivity index is 0.00000331. The molecule has 0 amide bonds. The first-order chi connectivity index (χ1) is 26.4. The maximum Gasteiger partial charge on any atom is -1.00 e. The summed E-state index contributed by atoms with van der Waals surface area (Å²) in [4.78, 5) is 0. The number of ether oxygens (including phenoxy) is 1. The van der Waals surface area contributed by atoms with E-state index >= 15 is 0 Å². The van der Waals surface area contributed by atoms with Gasteiger partial charge in [-0.3, -0.25) is 0 Å². The Kier molecular flexibility index (Phi) is 13.7. The number of hydrogen-bond acceptors (Lipinski definition) is 1. The second kappa shape index (κ2) is 16.8. The van der Waals surface area contributed by atoms with Crippen molar-refractivity contribution in [2.75, 3.05) is 7.11 Å². The van der Waals surface area contributed by atoms with E-state index in [1.165, 1.54) is 63.8 Å². The summed E-state index contributed by atoms with van der Waals surface area (Å²) in [7, 11) is 1.88. The first-order valence-electron chi connectivity index (χ1n) is 21.7. The Morgan fingerprint density at radius 3 is 1.76 bits per heavy atom. The second-order valence-corrected chi connectivity index (χ2v) is 39.3. The Morgan fingerprint density at radius 2 is 1.25 bits per heavy atom. The summed E-state index contributed by atoms with van der Waals surface area (Å²) in [5.41, 5.74) is 21.9. The first-order valence-corrected chi connectivity index (χ1v) is 30.5. The zero-order valence-corrected chi connectivity index (χ0v) is 44.3. The van der Waals surface area contributed by atoms with Crippen LogP contribution in [0, 0.1) is 0 Å². The quantitative estimate of drug-likeness (QED) is 0.232. The van der Waals surface area contributed by atoms with Crippen LogP contribution in [-0.4, -0.2) is 12.5 Å². The van der Waals surface area contributed by atoms with Gasteiger partial charge in [0.25, 0.3) is 0 Å². The van der Waals surface area contributed by atoms with Gasteiger partial charge >= 0.3 is 357 Å². The fourth-order valence-electron chi connectivity index (χ4n) is 10.1. The number of methoxy groups -OCH3 is 1. The Labute approximate surface area is 379 Å². The predicted octanol–water partition coefficient (Wildman–Crippen LogP) is 9.31. The molecule has 3 aromatic carbocycles. The fourth-order valence-corrected chi connectivity index (χ4v) is 29.2. The van der Waals surface area contributed by atoms with Crippen molar-refractivity contribution in [1.29, 1.82) is 0 Å². The van der Waals surface area contributed by atoms with E-state index in [2.05, 4.69) is 177 Å². The van der Waals surface area contributed by atoms with Crippen molar-refractivity contribution in [2.24, 2.45) is 0 Å². The van der Waals surface area contributed by atoms with Gasteiger partial charge in [-0.25, -0.2) is 0 Å². The number of fused-ring (bicyclic) bond motifs is 2. The molecular weight excluding hydrogens is 855 g/mol. The Morgan fingerprint density at radius 1 is 0.678 bits per heavy atom. The topological polar surface area (TPSA) is 9.23 Å². The third-order valence-electron chi connectivity index (χ3n) is 13.3. The third-order valence-corrected chi connectivity index (χ3v) is 31.8. The molecule has 314 valence electrons. The van der Waals surface area contributed by atoms with Crippen LogP contribution in [0.15, 0.2) is 97.4 Å². The average molecular weight is 925 g/mol. The van der Waals surface area contributed by atoms with Crippen molar-refractivity contribution in [3.8, 4) is 16.9 Å².